The van der Waals surface area contributed by atoms with Gasteiger partial charge >= 0.3 is 5.97 Å². The fourth-order valence-electron chi connectivity index (χ4n) is 2.72. The van der Waals surface area contributed by atoms with Gasteiger partial charge in [0.05, 0.1) is 14.2 Å². The third-order valence-electron chi connectivity index (χ3n) is 3.61. The SMILES string of the molecule is COc1ccc2c(OC)c3c(cc2c1)CC(C)OC3=O. The zero-order chi connectivity index (χ0) is 14.3. The molecular formula is C16H16O4. The molecule has 1 atom stereocenters. The van der Waals surface area contributed by atoms with E-state index < -0.39 is 0 Å². The van der Waals surface area contributed by atoms with Crippen LogP contribution in [-0.4, -0.2) is 26.3 Å². The largest absolute Gasteiger partial charge is 0.497 e. The Balaban J connectivity index is 2.32. The van der Waals surface area contributed by atoms with E-state index in [9.17, 15) is 4.79 Å². The average Bonchev–Trinajstić information content (AvgIpc) is 2.43. The molecule has 0 N–H and O–H groups in total. The molecule has 0 amide bonds. The number of hydrogen-bond acceptors (Lipinski definition) is 4. The fraction of sp³-hybridized carbons (Fsp3) is 0.312. The Labute approximate surface area is 117 Å². The molecular weight excluding hydrogens is 256 g/mol. The number of carbonyl (C=O) groups excluding carboxylic acids is 1. The molecule has 0 aliphatic carbocycles. The monoisotopic (exact) mass is 272 g/mol. The number of cyclic esters (lactones) is 1. The normalized spacial score (nSPS) is 17.6. The van der Waals surface area contributed by atoms with Gasteiger partial charge in [0.15, 0.2) is 0 Å². The van der Waals surface area contributed by atoms with E-state index in [1.54, 1.807) is 14.2 Å². The molecule has 0 saturated heterocycles. The highest BCUT2D eigenvalue weighted by atomic mass is 16.5. The number of carbonyl (C=O) groups is 1. The summed E-state index contributed by atoms with van der Waals surface area (Å²) >= 11 is 0. The van der Waals surface area contributed by atoms with E-state index in [2.05, 4.69) is 0 Å². The zero-order valence-electron chi connectivity index (χ0n) is 11.7. The first kappa shape index (κ1) is 12.8. The summed E-state index contributed by atoms with van der Waals surface area (Å²) < 4.78 is 16.0. The maximum atomic E-state index is 12.1. The summed E-state index contributed by atoms with van der Waals surface area (Å²) in [6.45, 7) is 1.89. The van der Waals surface area contributed by atoms with Gasteiger partial charge in [0.25, 0.3) is 0 Å². The minimum absolute atomic E-state index is 0.109. The quantitative estimate of drug-likeness (QED) is 0.788. The number of methoxy groups -OCH3 is 2. The first-order chi connectivity index (χ1) is 9.63. The number of hydrogen-bond donors (Lipinski definition) is 0. The fourth-order valence-corrected chi connectivity index (χ4v) is 2.72. The Morgan fingerprint density at radius 2 is 2.00 bits per heavy atom. The second-order valence-electron chi connectivity index (χ2n) is 4.95. The van der Waals surface area contributed by atoms with Crippen molar-refractivity contribution in [2.75, 3.05) is 14.2 Å². The van der Waals surface area contributed by atoms with Crippen LogP contribution in [0.1, 0.15) is 22.8 Å². The first-order valence-corrected chi connectivity index (χ1v) is 6.52. The van der Waals surface area contributed by atoms with Gasteiger partial charge in [-0.2, -0.15) is 0 Å². The predicted octanol–water partition coefficient (Wildman–Crippen LogP) is 2.96. The second-order valence-corrected chi connectivity index (χ2v) is 4.95. The molecule has 1 aliphatic rings. The van der Waals surface area contributed by atoms with Crippen molar-refractivity contribution in [1.29, 1.82) is 0 Å². The molecule has 0 saturated carbocycles. The van der Waals surface area contributed by atoms with Crippen LogP contribution in [-0.2, 0) is 11.2 Å². The van der Waals surface area contributed by atoms with E-state index in [-0.39, 0.29) is 12.1 Å². The van der Waals surface area contributed by atoms with Gasteiger partial charge in [0, 0.05) is 11.8 Å². The van der Waals surface area contributed by atoms with E-state index in [4.69, 9.17) is 14.2 Å². The molecule has 4 heteroatoms. The van der Waals surface area contributed by atoms with Crippen molar-refractivity contribution in [2.45, 2.75) is 19.4 Å². The third kappa shape index (κ3) is 1.88. The number of esters is 1. The third-order valence-corrected chi connectivity index (χ3v) is 3.61. The van der Waals surface area contributed by atoms with Gasteiger partial charge in [-0.3, -0.25) is 0 Å². The molecule has 1 unspecified atom stereocenters. The van der Waals surface area contributed by atoms with Gasteiger partial charge in [-0.25, -0.2) is 4.79 Å². The summed E-state index contributed by atoms with van der Waals surface area (Å²) in [5, 5.41) is 1.89. The molecule has 0 radical (unpaired) electrons. The lowest BCUT2D eigenvalue weighted by atomic mass is 9.94. The molecule has 0 aromatic heterocycles. The summed E-state index contributed by atoms with van der Waals surface area (Å²) in [4.78, 5) is 12.1. The van der Waals surface area contributed by atoms with Crippen LogP contribution in [0.25, 0.3) is 10.8 Å². The summed E-state index contributed by atoms with van der Waals surface area (Å²) in [6.07, 6.45) is 0.590. The number of fused-ring (bicyclic) bond motifs is 2. The van der Waals surface area contributed by atoms with E-state index >= 15 is 0 Å². The lowest BCUT2D eigenvalue weighted by Gasteiger charge is -2.24. The Bertz CT molecular complexity index is 690. The Morgan fingerprint density at radius 3 is 2.70 bits per heavy atom. The van der Waals surface area contributed by atoms with E-state index in [0.717, 1.165) is 22.1 Å². The van der Waals surface area contributed by atoms with E-state index in [0.29, 0.717) is 17.7 Å². The highest BCUT2D eigenvalue weighted by Crippen LogP contribution is 2.37. The Hall–Kier alpha value is -2.23. The first-order valence-electron chi connectivity index (χ1n) is 6.52. The summed E-state index contributed by atoms with van der Waals surface area (Å²) in [6, 6.07) is 7.72. The van der Waals surface area contributed by atoms with Crippen LogP contribution in [0.2, 0.25) is 0 Å². The molecule has 1 aliphatic heterocycles. The topological polar surface area (TPSA) is 44.8 Å². The molecule has 1 heterocycles. The maximum absolute atomic E-state index is 12.1. The van der Waals surface area contributed by atoms with E-state index in [1.807, 2.05) is 31.2 Å². The van der Waals surface area contributed by atoms with Crippen LogP contribution < -0.4 is 9.47 Å². The van der Waals surface area contributed by atoms with Gasteiger partial charge in [0.2, 0.25) is 0 Å². The standard InChI is InChI=1S/C16H16O4/c1-9-6-11-7-10-8-12(18-2)4-5-13(10)15(19-3)14(11)16(17)20-9/h4-5,7-9H,6H2,1-3H3. The molecule has 3 rings (SSSR count). The summed E-state index contributed by atoms with van der Waals surface area (Å²) in [5.74, 6) is 1.05. The summed E-state index contributed by atoms with van der Waals surface area (Å²) in [5.41, 5.74) is 1.51. The van der Waals surface area contributed by atoms with Gasteiger partial charge in [-0.05, 0) is 42.1 Å². The van der Waals surface area contributed by atoms with Crippen LogP contribution in [0.3, 0.4) is 0 Å². The molecule has 104 valence electrons. The highest BCUT2D eigenvalue weighted by molar-refractivity contribution is 6.04. The smallest absolute Gasteiger partial charge is 0.342 e. The molecule has 2 aromatic rings. The molecule has 0 fully saturated rings. The van der Waals surface area contributed by atoms with Crippen LogP contribution in [0, 0.1) is 0 Å². The van der Waals surface area contributed by atoms with Crippen molar-refractivity contribution in [1.82, 2.24) is 0 Å². The van der Waals surface area contributed by atoms with Gasteiger partial charge in [-0.15, -0.1) is 0 Å². The van der Waals surface area contributed by atoms with Crippen molar-refractivity contribution < 1.29 is 19.0 Å². The maximum Gasteiger partial charge on any atom is 0.342 e. The predicted molar refractivity (Wildman–Crippen MR) is 75.6 cm³/mol. The minimum atomic E-state index is -0.312. The van der Waals surface area contributed by atoms with Crippen molar-refractivity contribution in [2.24, 2.45) is 0 Å². The van der Waals surface area contributed by atoms with Crippen molar-refractivity contribution >= 4 is 16.7 Å². The molecule has 20 heavy (non-hydrogen) atoms. The van der Waals surface area contributed by atoms with Crippen LogP contribution in [0.5, 0.6) is 11.5 Å². The van der Waals surface area contributed by atoms with Crippen molar-refractivity contribution in [3.63, 3.8) is 0 Å². The lowest BCUT2D eigenvalue weighted by molar-refractivity contribution is 0.0297. The molecule has 0 spiro atoms. The van der Waals surface area contributed by atoms with Crippen molar-refractivity contribution in [3.8, 4) is 11.5 Å². The minimum Gasteiger partial charge on any atom is -0.497 e. The Morgan fingerprint density at radius 1 is 1.20 bits per heavy atom. The zero-order valence-corrected chi connectivity index (χ0v) is 11.7. The molecule has 0 bridgehead atoms. The molecule has 2 aromatic carbocycles. The van der Waals surface area contributed by atoms with Gasteiger partial charge in [0.1, 0.15) is 23.2 Å². The van der Waals surface area contributed by atoms with Gasteiger partial charge in [-0.1, -0.05) is 0 Å². The average molecular weight is 272 g/mol. The molecule has 4 nitrogen and oxygen atoms in total. The summed E-state index contributed by atoms with van der Waals surface area (Å²) in [7, 11) is 3.21. The second kappa shape index (κ2) is 4.71. The number of benzene rings is 2. The van der Waals surface area contributed by atoms with Gasteiger partial charge < -0.3 is 14.2 Å². The Kier molecular flexibility index (Phi) is 3.01. The van der Waals surface area contributed by atoms with Crippen LogP contribution >= 0.6 is 0 Å². The van der Waals surface area contributed by atoms with Crippen LogP contribution in [0.15, 0.2) is 24.3 Å². The van der Waals surface area contributed by atoms with E-state index in [1.165, 1.54) is 0 Å². The lowest BCUT2D eigenvalue weighted by Crippen LogP contribution is -2.25. The van der Waals surface area contributed by atoms with Crippen molar-refractivity contribution in [3.05, 3.63) is 35.4 Å². The van der Waals surface area contributed by atoms with Crippen LogP contribution in [0.4, 0.5) is 0 Å². The highest BCUT2D eigenvalue weighted by Gasteiger charge is 2.28. The number of ether oxygens (including phenoxy) is 3. The number of rotatable bonds is 2.